The highest BCUT2D eigenvalue weighted by Gasteiger charge is 2.12. The first kappa shape index (κ1) is 25.0. The summed E-state index contributed by atoms with van der Waals surface area (Å²) in [5.41, 5.74) is 6.43. The summed E-state index contributed by atoms with van der Waals surface area (Å²) in [7, 11) is 3.25. The van der Waals surface area contributed by atoms with E-state index < -0.39 is 0 Å². The highest BCUT2D eigenvalue weighted by molar-refractivity contribution is 5.72. The van der Waals surface area contributed by atoms with Gasteiger partial charge in [0.25, 0.3) is 0 Å². The van der Waals surface area contributed by atoms with E-state index >= 15 is 0 Å². The number of nitrogens with zero attached hydrogens (tertiary/aromatic N) is 1. The number of hydrogen-bond donors (Lipinski definition) is 0. The maximum atomic E-state index is 8.96. The fourth-order valence-corrected chi connectivity index (χ4v) is 3.20. The smallest absolute Gasteiger partial charge is 0.188 e. The number of allylic oxidation sites excluding steroid dienone is 4. The van der Waals surface area contributed by atoms with Crippen LogP contribution in [0, 0.1) is 11.3 Å². The lowest BCUT2D eigenvalue weighted by Gasteiger charge is -2.15. The molecule has 0 aromatic heterocycles. The molecule has 0 atom stereocenters. The Balaban J connectivity index is 2.30. The average molecular weight is 432 g/mol. The summed E-state index contributed by atoms with van der Waals surface area (Å²) in [6.07, 6.45) is 11.4. The predicted octanol–water partition coefficient (Wildman–Crippen LogP) is 6.96. The van der Waals surface area contributed by atoms with Gasteiger partial charge in [-0.15, -0.1) is 0 Å². The van der Waals surface area contributed by atoms with Gasteiger partial charge in [0.1, 0.15) is 0 Å². The Hall–Kier alpha value is -3.29. The molecular formula is C28H33NO3. The minimum atomic E-state index is 0.160. The number of benzene rings is 2. The summed E-state index contributed by atoms with van der Waals surface area (Å²) in [4.78, 5) is 0. The summed E-state index contributed by atoms with van der Waals surface area (Å²) in [5.74, 6) is 1.38. The van der Waals surface area contributed by atoms with Crippen LogP contribution in [0.25, 0.3) is 12.2 Å². The molecular weight excluding hydrogens is 398 g/mol. The van der Waals surface area contributed by atoms with Gasteiger partial charge in [-0.05, 0) is 75.4 Å². The van der Waals surface area contributed by atoms with E-state index in [0.29, 0.717) is 17.1 Å². The first-order valence-corrected chi connectivity index (χ1v) is 10.8. The molecule has 0 aliphatic carbocycles. The Kier molecular flexibility index (Phi) is 10.3. The summed E-state index contributed by atoms with van der Waals surface area (Å²) < 4.78 is 16.6. The second-order valence-electron chi connectivity index (χ2n) is 7.90. The van der Waals surface area contributed by atoms with Crippen LogP contribution in [0.15, 0.2) is 59.7 Å². The van der Waals surface area contributed by atoms with E-state index in [1.807, 2.05) is 42.5 Å². The van der Waals surface area contributed by atoms with Gasteiger partial charge in [-0.3, -0.25) is 0 Å². The normalized spacial score (nSPS) is 11.3. The van der Waals surface area contributed by atoms with Crippen LogP contribution >= 0.6 is 0 Å². The largest absolute Gasteiger partial charge is 0.493 e. The third kappa shape index (κ3) is 8.09. The standard InChI is InChI=1S/C28H33NO3/c1-21(2)7-6-8-22(3)9-16-26-17-25(18-27(31-5)28(26)32-20-30-4)15-12-23-10-13-24(19-29)14-11-23/h7,9-15,17-18H,6,8,16,20H2,1-5H3. The van der Waals surface area contributed by atoms with Gasteiger partial charge >= 0.3 is 0 Å². The number of nitriles is 1. The van der Waals surface area contributed by atoms with Gasteiger partial charge in [0, 0.05) is 12.7 Å². The SMILES string of the molecule is COCOc1c(CC=C(C)CCC=C(C)C)cc(C=Cc2ccc(C#N)cc2)cc1OC. The van der Waals surface area contributed by atoms with Gasteiger partial charge < -0.3 is 14.2 Å². The van der Waals surface area contributed by atoms with Crippen molar-refractivity contribution in [2.75, 3.05) is 21.0 Å². The van der Waals surface area contributed by atoms with Crippen molar-refractivity contribution in [2.45, 2.75) is 40.0 Å². The van der Waals surface area contributed by atoms with Crippen molar-refractivity contribution in [1.82, 2.24) is 0 Å². The fraction of sp³-hybridized carbons (Fsp3) is 0.321. The van der Waals surface area contributed by atoms with E-state index in [1.54, 1.807) is 14.2 Å². The second-order valence-corrected chi connectivity index (χ2v) is 7.90. The lowest BCUT2D eigenvalue weighted by Crippen LogP contribution is -2.04. The lowest BCUT2D eigenvalue weighted by molar-refractivity contribution is 0.0485. The molecule has 0 spiro atoms. The van der Waals surface area contributed by atoms with Crippen molar-refractivity contribution in [3.63, 3.8) is 0 Å². The molecule has 0 saturated heterocycles. The Morgan fingerprint density at radius 2 is 1.69 bits per heavy atom. The summed E-state index contributed by atoms with van der Waals surface area (Å²) in [5, 5.41) is 8.96. The fourth-order valence-electron chi connectivity index (χ4n) is 3.20. The number of methoxy groups -OCH3 is 2. The molecule has 0 fully saturated rings. The first-order valence-electron chi connectivity index (χ1n) is 10.8. The zero-order chi connectivity index (χ0) is 23.3. The van der Waals surface area contributed by atoms with E-state index in [2.05, 4.69) is 45.1 Å². The van der Waals surface area contributed by atoms with Crippen molar-refractivity contribution in [3.05, 3.63) is 82.0 Å². The molecule has 0 amide bonds. The topological polar surface area (TPSA) is 51.5 Å². The average Bonchev–Trinajstić information content (AvgIpc) is 2.80. The Bertz CT molecular complexity index is 1000. The molecule has 0 unspecified atom stereocenters. The number of ether oxygens (including phenoxy) is 3. The van der Waals surface area contributed by atoms with Gasteiger partial charge in [0.05, 0.1) is 18.7 Å². The van der Waals surface area contributed by atoms with Crippen molar-refractivity contribution < 1.29 is 14.2 Å². The minimum absolute atomic E-state index is 0.160. The van der Waals surface area contributed by atoms with Crippen molar-refractivity contribution in [2.24, 2.45) is 0 Å². The second kappa shape index (κ2) is 13.2. The van der Waals surface area contributed by atoms with Crippen LogP contribution in [0.4, 0.5) is 0 Å². The van der Waals surface area contributed by atoms with E-state index in [0.717, 1.165) is 36.0 Å². The van der Waals surface area contributed by atoms with E-state index in [-0.39, 0.29) is 6.79 Å². The molecule has 168 valence electrons. The van der Waals surface area contributed by atoms with Crippen LogP contribution in [0.3, 0.4) is 0 Å². The van der Waals surface area contributed by atoms with Gasteiger partial charge in [-0.1, -0.05) is 47.6 Å². The Morgan fingerprint density at radius 1 is 0.969 bits per heavy atom. The van der Waals surface area contributed by atoms with E-state index in [1.165, 1.54) is 11.1 Å². The van der Waals surface area contributed by atoms with Gasteiger partial charge in [-0.25, -0.2) is 0 Å². The quantitative estimate of drug-likeness (QED) is 0.219. The molecule has 0 heterocycles. The van der Waals surface area contributed by atoms with Crippen LogP contribution in [0.5, 0.6) is 11.5 Å². The molecule has 4 heteroatoms. The first-order chi connectivity index (χ1) is 15.5. The van der Waals surface area contributed by atoms with Crippen molar-refractivity contribution in [3.8, 4) is 17.6 Å². The minimum Gasteiger partial charge on any atom is -0.493 e. The van der Waals surface area contributed by atoms with Crippen molar-refractivity contribution in [1.29, 1.82) is 5.26 Å². The van der Waals surface area contributed by atoms with Gasteiger partial charge in [-0.2, -0.15) is 5.26 Å². The highest BCUT2D eigenvalue weighted by Crippen LogP contribution is 2.34. The highest BCUT2D eigenvalue weighted by atomic mass is 16.7. The Labute approximate surface area is 192 Å². The molecule has 0 bridgehead atoms. The summed E-state index contributed by atoms with van der Waals surface area (Å²) in [6.45, 7) is 6.58. The molecule has 0 radical (unpaired) electrons. The van der Waals surface area contributed by atoms with E-state index in [9.17, 15) is 0 Å². The third-order valence-corrected chi connectivity index (χ3v) is 4.96. The van der Waals surface area contributed by atoms with Gasteiger partial charge in [0.2, 0.25) is 0 Å². The van der Waals surface area contributed by atoms with E-state index in [4.69, 9.17) is 19.5 Å². The summed E-state index contributed by atoms with van der Waals surface area (Å²) >= 11 is 0. The predicted molar refractivity (Wildman–Crippen MR) is 132 cm³/mol. The van der Waals surface area contributed by atoms with Crippen molar-refractivity contribution >= 4 is 12.2 Å². The van der Waals surface area contributed by atoms with Gasteiger partial charge in [0.15, 0.2) is 18.3 Å². The maximum Gasteiger partial charge on any atom is 0.188 e. The molecule has 2 rings (SSSR count). The lowest BCUT2D eigenvalue weighted by atomic mass is 10.0. The number of hydrogen-bond acceptors (Lipinski definition) is 4. The molecule has 4 nitrogen and oxygen atoms in total. The molecule has 2 aromatic carbocycles. The molecule has 0 aliphatic rings. The zero-order valence-corrected chi connectivity index (χ0v) is 19.8. The molecule has 0 saturated carbocycles. The van der Waals surface area contributed by atoms with Crippen LogP contribution in [0.1, 0.15) is 55.9 Å². The van der Waals surface area contributed by atoms with Crippen LogP contribution in [-0.2, 0) is 11.2 Å². The number of rotatable bonds is 11. The molecule has 0 aliphatic heterocycles. The molecule has 0 N–H and O–H groups in total. The van der Waals surface area contributed by atoms with Crippen LogP contribution in [0.2, 0.25) is 0 Å². The van der Waals surface area contributed by atoms with Crippen LogP contribution in [-0.4, -0.2) is 21.0 Å². The monoisotopic (exact) mass is 431 g/mol. The summed E-state index contributed by atoms with van der Waals surface area (Å²) in [6, 6.07) is 13.7. The Morgan fingerprint density at radius 3 is 2.31 bits per heavy atom. The van der Waals surface area contributed by atoms with Crippen LogP contribution < -0.4 is 9.47 Å². The molecule has 2 aromatic rings. The third-order valence-electron chi connectivity index (χ3n) is 4.96. The molecule has 32 heavy (non-hydrogen) atoms. The maximum absolute atomic E-state index is 8.96. The zero-order valence-electron chi connectivity index (χ0n) is 19.8.